The second kappa shape index (κ2) is 4.67. The molecule has 0 saturated carbocycles. The summed E-state index contributed by atoms with van der Waals surface area (Å²) in [5, 5.41) is 20.6. The quantitative estimate of drug-likeness (QED) is 0.636. The molecule has 0 bridgehead atoms. The number of pyridine rings is 1. The summed E-state index contributed by atoms with van der Waals surface area (Å²) >= 11 is 0. The molecule has 0 amide bonds. The van der Waals surface area contributed by atoms with Crippen molar-refractivity contribution < 1.29 is 10.0 Å². The van der Waals surface area contributed by atoms with E-state index in [0.717, 1.165) is 0 Å². The number of aliphatic hydroxyl groups is 1. The number of hydrogen-bond donors (Lipinski definition) is 1. The van der Waals surface area contributed by atoms with Gasteiger partial charge in [0.25, 0.3) is 0 Å². The van der Waals surface area contributed by atoms with Crippen molar-refractivity contribution in [1.82, 2.24) is 4.98 Å². The molecule has 6 nitrogen and oxygen atoms in total. The fraction of sp³-hybridized carbons (Fsp3) is 0.545. The van der Waals surface area contributed by atoms with Crippen molar-refractivity contribution in [2.24, 2.45) is 0 Å². The van der Waals surface area contributed by atoms with Crippen LogP contribution in [-0.2, 0) is 0 Å². The minimum atomic E-state index is -0.936. The lowest BCUT2D eigenvalue weighted by Crippen LogP contribution is -2.37. The molecule has 0 fully saturated rings. The first kappa shape index (κ1) is 13.4. The summed E-state index contributed by atoms with van der Waals surface area (Å²) < 4.78 is 0. The first-order valence-electron chi connectivity index (χ1n) is 5.26. The number of rotatable bonds is 4. The normalized spacial score (nSPS) is 11.4. The van der Waals surface area contributed by atoms with Crippen LogP contribution in [0.1, 0.15) is 19.5 Å². The Labute approximate surface area is 100 Å². The standard InChI is InChI=1S/C11H17N3O3/c1-8-5-6-9(14(16)17)10(12-8)13(4)7-11(2,3)15/h5-6,15H,7H2,1-4H3. The molecule has 94 valence electrons. The van der Waals surface area contributed by atoms with Crippen molar-refractivity contribution in [3.05, 3.63) is 27.9 Å². The van der Waals surface area contributed by atoms with Gasteiger partial charge >= 0.3 is 5.69 Å². The van der Waals surface area contributed by atoms with Crippen LogP contribution in [0.25, 0.3) is 0 Å². The minimum absolute atomic E-state index is 0.0534. The minimum Gasteiger partial charge on any atom is -0.389 e. The van der Waals surface area contributed by atoms with Crippen molar-refractivity contribution in [3.8, 4) is 0 Å². The highest BCUT2D eigenvalue weighted by molar-refractivity contribution is 5.57. The van der Waals surface area contributed by atoms with Gasteiger partial charge in [-0.05, 0) is 26.8 Å². The molecule has 6 heteroatoms. The predicted octanol–water partition coefficient (Wildman–Crippen LogP) is 1.51. The molecule has 0 aliphatic heterocycles. The summed E-state index contributed by atoms with van der Waals surface area (Å²) in [6.45, 7) is 5.33. The topological polar surface area (TPSA) is 79.5 Å². The third-order valence-electron chi connectivity index (χ3n) is 2.18. The molecule has 1 aromatic rings. The monoisotopic (exact) mass is 239 g/mol. The zero-order valence-electron chi connectivity index (χ0n) is 10.5. The third-order valence-corrected chi connectivity index (χ3v) is 2.18. The van der Waals surface area contributed by atoms with Gasteiger partial charge in [-0.25, -0.2) is 4.98 Å². The SMILES string of the molecule is Cc1ccc([N+](=O)[O-])c(N(C)CC(C)(C)O)n1. The molecule has 17 heavy (non-hydrogen) atoms. The maximum Gasteiger partial charge on any atom is 0.311 e. The van der Waals surface area contributed by atoms with Crippen LogP contribution in [0.3, 0.4) is 0 Å². The van der Waals surface area contributed by atoms with Gasteiger partial charge in [0.15, 0.2) is 0 Å². The summed E-state index contributed by atoms with van der Waals surface area (Å²) in [6, 6.07) is 3.03. The van der Waals surface area contributed by atoms with Gasteiger partial charge < -0.3 is 10.0 Å². The number of nitrogens with zero attached hydrogens (tertiary/aromatic N) is 3. The van der Waals surface area contributed by atoms with E-state index in [-0.39, 0.29) is 18.1 Å². The van der Waals surface area contributed by atoms with Crippen LogP contribution in [0, 0.1) is 17.0 Å². The van der Waals surface area contributed by atoms with Gasteiger partial charge in [0.05, 0.1) is 10.5 Å². The van der Waals surface area contributed by atoms with E-state index >= 15 is 0 Å². The Morgan fingerprint density at radius 2 is 2.12 bits per heavy atom. The van der Waals surface area contributed by atoms with Gasteiger partial charge in [-0.2, -0.15) is 0 Å². The predicted molar refractivity (Wildman–Crippen MR) is 65.2 cm³/mol. The first-order chi connectivity index (χ1) is 7.70. The molecule has 1 rings (SSSR count). The van der Waals surface area contributed by atoms with E-state index in [9.17, 15) is 15.2 Å². The molecule has 0 radical (unpaired) electrons. The Kier molecular flexibility index (Phi) is 3.67. The van der Waals surface area contributed by atoms with Gasteiger partial charge in [-0.15, -0.1) is 0 Å². The molecule has 0 saturated heterocycles. The number of anilines is 1. The Morgan fingerprint density at radius 1 is 1.53 bits per heavy atom. The Hall–Kier alpha value is -1.69. The molecule has 0 atom stereocenters. The zero-order chi connectivity index (χ0) is 13.2. The molecular formula is C11H17N3O3. The van der Waals surface area contributed by atoms with Gasteiger partial charge in [0.1, 0.15) is 0 Å². The number of aromatic nitrogens is 1. The molecule has 0 aromatic carbocycles. The summed E-state index contributed by atoms with van der Waals surface area (Å²) in [7, 11) is 1.67. The number of hydrogen-bond acceptors (Lipinski definition) is 5. The fourth-order valence-electron chi connectivity index (χ4n) is 1.61. The maximum atomic E-state index is 10.9. The molecule has 0 aliphatic rings. The van der Waals surface area contributed by atoms with Crippen LogP contribution in [0.15, 0.2) is 12.1 Å². The summed E-state index contributed by atoms with van der Waals surface area (Å²) in [6.07, 6.45) is 0. The van der Waals surface area contributed by atoms with Crippen LogP contribution in [0.5, 0.6) is 0 Å². The van der Waals surface area contributed by atoms with E-state index in [1.807, 2.05) is 0 Å². The van der Waals surface area contributed by atoms with Gasteiger partial charge in [-0.3, -0.25) is 10.1 Å². The summed E-state index contributed by atoms with van der Waals surface area (Å²) in [5.41, 5.74) is -0.288. The molecule has 1 aromatic heterocycles. The van der Waals surface area contributed by atoms with E-state index < -0.39 is 10.5 Å². The van der Waals surface area contributed by atoms with Crippen molar-refractivity contribution in [1.29, 1.82) is 0 Å². The molecule has 1 heterocycles. The molecule has 0 aliphatic carbocycles. The average Bonchev–Trinajstić information content (AvgIpc) is 2.14. The lowest BCUT2D eigenvalue weighted by atomic mass is 10.1. The van der Waals surface area contributed by atoms with Crippen LogP contribution in [-0.4, -0.2) is 34.2 Å². The summed E-state index contributed by atoms with van der Waals surface area (Å²) in [5.74, 6) is 0.275. The number of aryl methyl sites for hydroxylation is 1. The number of likely N-dealkylation sites (N-methyl/N-ethyl adjacent to an activating group) is 1. The lowest BCUT2D eigenvalue weighted by Gasteiger charge is -2.26. The van der Waals surface area contributed by atoms with Crippen LogP contribution >= 0.6 is 0 Å². The Bertz CT molecular complexity index is 426. The van der Waals surface area contributed by atoms with Crippen molar-refractivity contribution in [2.75, 3.05) is 18.5 Å². The van der Waals surface area contributed by atoms with Crippen molar-refractivity contribution in [3.63, 3.8) is 0 Å². The van der Waals surface area contributed by atoms with E-state index in [1.165, 1.54) is 6.07 Å². The lowest BCUT2D eigenvalue weighted by molar-refractivity contribution is -0.384. The van der Waals surface area contributed by atoms with E-state index in [2.05, 4.69) is 4.98 Å². The van der Waals surface area contributed by atoms with Crippen LogP contribution in [0.2, 0.25) is 0 Å². The fourth-order valence-corrected chi connectivity index (χ4v) is 1.61. The third kappa shape index (κ3) is 3.67. The molecular weight excluding hydrogens is 222 g/mol. The zero-order valence-corrected chi connectivity index (χ0v) is 10.5. The maximum absolute atomic E-state index is 10.9. The second-order valence-corrected chi connectivity index (χ2v) is 4.72. The van der Waals surface area contributed by atoms with Crippen LogP contribution in [0.4, 0.5) is 11.5 Å². The second-order valence-electron chi connectivity index (χ2n) is 4.72. The van der Waals surface area contributed by atoms with E-state index in [1.54, 1.807) is 38.8 Å². The van der Waals surface area contributed by atoms with E-state index in [0.29, 0.717) is 5.69 Å². The Morgan fingerprint density at radius 3 is 2.59 bits per heavy atom. The number of nitro groups is 1. The van der Waals surface area contributed by atoms with Crippen LogP contribution < -0.4 is 4.90 Å². The summed E-state index contributed by atoms with van der Waals surface area (Å²) in [4.78, 5) is 16.1. The van der Waals surface area contributed by atoms with Gasteiger partial charge in [0.2, 0.25) is 5.82 Å². The molecule has 1 N–H and O–H groups in total. The van der Waals surface area contributed by atoms with E-state index in [4.69, 9.17) is 0 Å². The highest BCUT2D eigenvalue weighted by atomic mass is 16.6. The van der Waals surface area contributed by atoms with Crippen molar-refractivity contribution >= 4 is 11.5 Å². The Balaban J connectivity index is 3.10. The first-order valence-corrected chi connectivity index (χ1v) is 5.26. The van der Waals surface area contributed by atoms with Crippen molar-refractivity contribution in [2.45, 2.75) is 26.4 Å². The van der Waals surface area contributed by atoms with Gasteiger partial charge in [-0.1, -0.05) is 0 Å². The van der Waals surface area contributed by atoms with Gasteiger partial charge in [0, 0.05) is 25.4 Å². The molecule has 0 unspecified atom stereocenters. The highest BCUT2D eigenvalue weighted by Gasteiger charge is 2.23. The highest BCUT2D eigenvalue weighted by Crippen LogP contribution is 2.26. The molecule has 0 spiro atoms. The largest absolute Gasteiger partial charge is 0.389 e. The smallest absolute Gasteiger partial charge is 0.311 e. The average molecular weight is 239 g/mol.